The van der Waals surface area contributed by atoms with Gasteiger partial charge in [0, 0.05) is 39.3 Å². The summed E-state index contributed by atoms with van der Waals surface area (Å²) in [5.41, 5.74) is 1.03. The number of nitrogens with zero attached hydrogens (tertiary/aromatic N) is 3. The summed E-state index contributed by atoms with van der Waals surface area (Å²) in [5.74, 6) is 0.0893. The van der Waals surface area contributed by atoms with Crippen molar-refractivity contribution in [3.63, 3.8) is 0 Å². The van der Waals surface area contributed by atoms with Crippen LogP contribution in [0, 0.1) is 0 Å². The SMILES string of the molecule is CCCN(CCC)C(=O)C(=O)N1CCN(c2ccccc2OC)CC1. The molecule has 2 rings (SSSR count). The van der Waals surface area contributed by atoms with E-state index in [-0.39, 0.29) is 11.8 Å². The van der Waals surface area contributed by atoms with Gasteiger partial charge in [-0.05, 0) is 25.0 Å². The summed E-state index contributed by atoms with van der Waals surface area (Å²) in [7, 11) is 1.66. The van der Waals surface area contributed by atoms with Gasteiger partial charge in [0.15, 0.2) is 0 Å². The fourth-order valence-corrected chi connectivity index (χ4v) is 3.17. The van der Waals surface area contributed by atoms with Crippen LogP contribution in [0.1, 0.15) is 26.7 Å². The van der Waals surface area contributed by atoms with Crippen LogP contribution in [0.3, 0.4) is 0 Å². The van der Waals surface area contributed by atoms with Crippen LogP contribution in [0.2, 0.25) is 0 Å². The lowest BCUT2D eigenvalue weighted by Crippen LogP contribution is -2.53. The third kappa shape index (κ3) is 4.65. The summed E-state index contributed by atoms with van der Waals surface area (Å²) in [6.45, 7) is 7.81. The van der Waals surface area contributed by atoms with E-state index in [2.05, 4.69) is 4.90 Å². The number of carbonyl (C=O) groups is 2. The number of ether oxygens (including phenoxy) is 1. The zero-order chi connectivity index (χ0) is 18.2. The third-order valence-electron chi connectivity index (χ3n) is 4.45. The van der Waals surface area contributed by atoms with Crippen molar-refractivity contribution >= 4 is 17.5 Å². The molecule has 0 unspecified atom stereocenters. The Balaban J connectivity index is 1.96. The minimum atomic E-state index is -0.374. The summed E-state index contributed by atoms with van der Waals surface area (Å²) >= 11 is 0. The first kappa shape index (κ1) is 19.1. The summed E-state index contributed by atoms with van der Waals surface area (Å²) in [5, 5.41) is 0. The minimum absolute atomic E-state index is 0.366. The van der Waals surface area contributed by atoms with Crippen molar-refractivity contribution < 1.29 is 14.3 Å². The van der Waals surface area contributed by atoms with Gasteiger partial charge in [0.25, 0.3) is 0 Å². The number of piperazine rings is 1. The lowest BCUT2D eigenvalue weighted by atomic mass is 10.2. The Bertz CT molecular complexity index is 577. The molecule has 1 saturated heterocycles. The molecule has 6 nitrogen and oxygen atoms in total. The monoisotopic (exact) mass is 347 g/mol. The first-order valence-electron chi connectivity index (χ1n) is 9.08. The van der Waals surface area contributed by atoms with Gasteiger partial charge in [-0.1, -0.05) is 26.0 Å². The predicted octanol–water partition coefficient (Wildman–Crippen LogP) is 1.99. The van der Waals surface area contributed by atoms with Crippen LogP contribution in [0.25, 0.3) is 0 Å². The molecule has 1 aromatic rings. The Hall–Kier alpha value is -2.24. The molecule has 1 fully saturated rings. The second kappa shape index (κ2) is 9.30. The molecule has 1 aromatic carbocycles. The molecule has 0 aromatic heterocycles. The molecule has 6 heteroatoms. The number of amides is 2. The second-order valence-corrected chi connectivity index (χ2v) is 6.24. The standard InChI is InChI=1S/C19H29N3O3/c1-4-10-21(11-5-2)18(23)19(24)22-14-12-20(13-15-22)16-8-6-7-9-17(16)25-3/h6-9H,4-5,10-15H2,1-3H3. The van der Waals surface area contributed by atoms with E-state index in [9.17, 15) is 9.59 Å². The molecule has 2 amide bonds. The molecule has 0 spiro atoms. The Morgan fingerprint density at radius 2 is 1.64 bits per heavy atom. The molecule has 0 radical (unpaired) electrons. The van der Waals surface area contributed by atoms with Gasteiger partial charge in [-0.2, -0.15) is 0 Å². The van der Waals surface area contributed by atoms with Crippen LogP contribution in [-0.4, -0.2) is 68.0 Å². The maximum Gasteiger partial charge on any atom is 0.312 e. The Kier molecular flexibility index (Phi) is 7.10. The van der Waals surface area contributed by atoms with E-state index in [1.807, 2.05) is 38.1 Å². The third-order valence-corrected chi connectivity index (χ3v) is 4.45. The summed E-state index contributed by atoms with van der Waals surface area (Å²) < 4.78 is 5.41. The maximum atomic E-state index is 12.5. The molecular formula is C19H29N3O3. The Labute approximate surface area is 150 Å². The number of para-hydroxylation sites is 2. The fraction of sp³-hybridized carbons (Fsp3) is 0.579. The molecule has 138 valence electrons. The predicted molar refractivity (Wildman–Crippen MR) is 98.9 cm³/mol. The molecule has 0 saturated carbocycles. The lowest BCUT2D eigenvalue weighted by Gasteiger charge is -2.37. The first-order valence-corrected chi connectivity index (χ1v) is 9.08. The van der Waals surface area contributed by atoms with Crippen LogP contribution < -0.4 is 9.64 Å². The first-order chi connectivity index (χ1) is 12.1. The number of benzene rings is 1. The van der Waals surface area contributed by atoms with Crippen LogP contribution in [0.5, 0.6) is 5.75 Å². The molecule has 1 heterocycles. The van der Waals surface area contributed by atoms with Crippen molar-refractivity contribution in [1.82, 2.24) is 9.80 Å². The molecule has 0 bridgehead atoms. The molecule has 1 aliphatic rings. The van der Waals surface area contributed by atoms with Crippen LogP contribution in [0.4, 0.5) is 5.69 Å². The number of carbonyl (C=O) groups excluding carboxylic acids is 2. The number of hydrogen-bond donors (Lipinski definition) is 0. The summed E-state index contributed by atoms with van der Waals surface area (Å²) in [4.78, 5) is 30.6. The highest BCUT2D eigenvalue weighted by atomic mass is 16.5. The van der Waals surface area contributed by atoms with Gasteiger partial charge >= 0.3 is 11.8 Å². The molecule has 25 heavy (non-hydrogen) atoms. The molecule has 0 atom stereocenters. The van der Waals surface area contributed by atoms with E-state index in [0.717, 1.165) is 24.3 Å². The van der Waals surface area contributed by atoms with Crippen molar-refractivity contribution in [1.29, 1.82) is 0 Å². The number of hydrogen-bond acceptors (Lipinski definition) is 4. The van der Waals surface area contributed by atoms with E-state index < -0.39 is 0 Å². The van der Waals surface area contributed by atoms with Gasteiger partial charge in [-0.25, -0.2) is 0 Å². The normalized spacial score (nSPS) is 14.4. The molecule has 1 aliphatic heterocycles. The quantitative estimate of drug-likeness (QED) is 0.739. The van der Waals surface area contributed by atoms with Gasteiger partial charge in [-0.15, -0.1) is 0 Å². The van der Waals surface area contributed by atoms with Gasteiger partial charge in [0.05, 0.1) is 12.8 Å². The molecule has 0 aliphatic carbocycles. The number of rotatable bonds is 6. The zero-order valence-electron chi connectivity index (χ0n) is 15.5. The van der Waals surface area contributed by atoms with E-state index >= 15 is 0 Å². The average molecular weight is 347 g/mol. The smallest absolute Gasteiger partial charge is 0.312 e. The Morgan fingerprint density at radius 3 is 2.20 bits per heavy atom. The molecule has 0 N–H and O–H groups in total. The van der Waals surface area contributed by atoms with Crippen LogP contribution in [0.15, 0.2) is 24.3 Å². The van der Waals surface area contributed by atoms with Crippen molar-refractivity contribution in [2.24, 2.45) is 0 Å². The zero-order valence-corrected chi connectivity index (χ0v) is 15.5. The van der Waals surface area contributed by atoms with Gasteiger partial charge in [-0.3, -0.25) is 9.59 Å². The minimum Gasteiger partial charge on any atom is -0.495 e. The summed E-state index contributed by atoms with van der Waals surface area (Å²) in [6, 6.07) is 7.87. The van der Waals surface area contributed by atoms with Gasteiger partial charge in [0.1, 0.15) is 5.75 Å². The molecular weight excluding hydrogens is 318 g/mol. The van der Waals surface area contributed by atoms with E-state index in [1.54, 1.807) is 16.9 Å². The Morgan fingerprint density at radius 1 is 1.04 bits per heavy atom. The van der Waals surface area contributed by atoms with Crippen molar-refractivity contribution in [3.8, 4) is 5.75 Å². The highest BCUT2D eigenvalue weighted by molar-refractivity contribution is 6.34. The van der Waals surface area contributed by atoms with E-state index in [0.29, 0.717) is 39.3 Å². The van der Waals surface area contributed by atoms with Gasteiger partial charge < -0.3 is 19.4 Å². The van der Waals surface area contributed by atoms with Crippen molar-refractivity contribution in [3.05, 3.63) is 24.3 Å². The van der Waals surface area contributed by atoms with E-state index in [4.69, 9.17) is 4.74 Å². The number of methoxy groups -OCH3 is 1. The highest BCUT2D eigenvalue weighted by Crippen LogP contribution is 2.28. The van der Waals surface area contributed by atoms with Gasteiger partial charge in [0.2, 0.25) is 0 Å². The second-order valence-electron chi connectivity index (χ2n) is 6.24. The van der Waals surface area contributed by atoms with Crippen LogP contribution in [-0.2, 0) is 9.59 Å². The maximum absolute atomic E-state index is 12.5. The van der Waals surface area contributed by atoms with Crippen LogP contribution >= 0.6 is 0 Å². The average Bonchev–Trinajstić information content (AvgIpc) is 2.66. The largest absolute Gasteiger partial charge is 0.495 e. The number of anilines is 1. The fourth-order valence-electron chi connectivity index (χ4n) is 3.17. The topological polar surface area (TPSA) is 53.1 Å². The van der Waals surface area contributed by atoms with Crippen molar-refractivity contribution in [2.75, 3.05) is 51.3 Å². The van der Waals surface area contributed by atoms with E-state index in [1.165, 1.54) is 0 Å². The highest BCUT2D eigenvalue weighted by Gasteiger charge is 2.29. The van der Waals surface area contributed by atoms with Crippen molar-refractivity contribution in [2.45, 2.75) is 26.7 Å². The summed E-state index contributed by atoms with van der Waals surface area (Å²) in [6.07, 6.45) is 1.72. The lowest BCUT2D eigenvalue weighted by molar-refractivity contribution is -0.152.